The van der Waals surface area contributed by atoms with Crippen LogP contribution in [0.15, 0.2) is 42.5 Å². The Morgan fingerprint density at radius 3 is 2.65 bits per heavy atom. The molecular formula is C23H27NO2. The van der Waals surface area contributed by atoms with Gasteiger partial charge in [0.05, 0.1) is 12.7 Å². The van der Waals surface area contributed by atoms with Crippen LogP contribution in [0.2, 0.25) is 0 Å². The Balaban J connectivity index is 1.34. The van der Waals surface area contributed by atoms with E-state index in [0.29, 0.717) is 11.6 Å². The van der Waals surface area contributed by atoms with Gasteiger partial charge in [-0.3, -0.25) is 0 Å². The topological polar surface area (TPSA) is 38.3 Å². The molecule has 0 aromatic heterocycles. The molecule has 0 aliphatic heterocycles. The van der Waals surface area contributed by atoms with Gasteiger partial charge in [0.2, 0.25) is 0 Å². The van der Waals surface area contributed by atoms with Gasteiger partial charge < -0.3 is 10.1 Å². The number of ether oxygens (including phenoxy) is 1. The highest BCUT2D eigenvalue weighted by atomic mass is 16.5. The summed E-state index contributed by atoms with van der Waals surface area (Å²) in [6.45, 7) is 0.904. The van der Waals surface area contributed by atoms with Crippen molar-refractivity contribution in [2.75, 3.05) is 7.11 Å². The van der Waals surface area contributed by atoms with Gasteiger partial charge in [-0.05, 0) is 59.6 Å². The summed E-state index contributed by atoms with van der Waals surface area (Å²) in [6, 6.07) is 15.4. The molecule has 0 spiro atoms. The molecule has 1 atom stereocenters. The smallest absolute Gasteiger partial charge is 0.337 e. The molecule has 1 saturated carbocycles. The third-order valence-electron chi connectivity index (χ3n) is 5.90. The van der Waals surface area contributed by atoms with Crippen molar-refractivity contribution in [3.05, 3.63) is 70.3 Å². The number of hydrogen-bond acceptors (Lipinski definition) is 3. The molecule has 4 rings (SSSR count). The van der Waals surface area contributed by atoms with E-state index in [9.17, 15) is 4.79 Å². The van der Waals surface area contributed by atoms with E-state index in [0.717, 1.165) is 25.3 Å². The SMILES string of the molecule is COC(=O)c1ccc2c(c1)CC(NCc1cccc(CC3CCC3)c1)C2. The zero-order valence-corrected chi connectivity index (χ0v) is 15.5. The summed E-state index contributed by atoms with van der Waals surface area (Å²) in [6.07, 6.45) is 7.44. The van der Waals surface area contributed by atoms with Crippen LogP contribution in [0.1, 0.15) is 51.9 Å². The van der Waals surface area contributed by atoms with Gasteiger partial charge in [-0.1, -0.05) is 49.6 Å². The molecule has 1 N–H and O–H groups in total. The molecule has 136 valence electrons. The number of carbonyl (C=O) groups excluding carboxylic acids is 1. The van der Waals surface area contributed by atoms with Crippen molar-refractivity contribution in [2.24, 2.45) is 5.92 Å². The molecule has 3 heteroatoms. The Morgan fingerprint density at radius 2 is 1.88 bits per heavy atom. The first-order valence-electron chi connectivity index (χ1n) is 9.72. The minimum Gasteiger partial charge on any atom is -0.465 e. The van der Waals surface area contributed by atoms with Crippen LogP contribution >= 0.6 is 0 Å². The van der Waals surface area contributed by atoms with Crippen LogP contribution in [-0.4, -0.2) is 19.1 Å². The molecule has 2 aromatic carbocycles. The lowest BCUT2D eigenvalue weighted by atomic mass is 9.81. The maximum atomic E-state index is 11.7. The third kappa shape index (κ3) is 3.83. The summed E-state index contributed by atoms with van der Waals surface area (Å²) in [5.74, 6) is 0.652. The lowest BCUT2D eigenvalue weighted by Gasteiger charge is -2.25. The molecule has 3 nitrogen and oxygen atoms in total. The summed E-state index contributed by atoms with van der Waals surface area (Å²) in [4.78, 5) is 11.7. The van der Waals surface area contributed by atoms with Crippen LogP contribution in [0.5, 0.6) is 0 Å². The predicted octanol–water partition coefficient (Wildman–Crippen LogP) is 4.07. The maximum absolute atomic E-state index is 11.7. The van der Waals surface area contributed by atoms with Crippen molar-refractivity contribution in [1.29, 1.82) is 0 Å². The predicted molar refractivity (Wildman–Crippen MR) is 103 cm³/mol. The van der Waals surface area contributed by atoms with Crippen molar-refractivity contribution in [3.8, 4) is 0 Å². The van der Waals surface area contributed by atoms with Crippen LogP contribution in [0.25, 0.3) is 0 Å². The second kappa shape index (κ2) is 7.63. The van der Waals surface area contributed by atoms with E-state index in [-0.39, 0.29) is 5.97 Å². The van der Waals surface area contributed by atoms with Gasteiger partial charge in [0.25, 0.3) is 0 Å². The van der Waals surface area contributed by atoms with Crippen molar-refractivity contribution in [1.82, 2.24) is 5.32 Å². The molecule has 26 heavy (non-hydrogen) atoms. The Labute approximate surface area is 155 Å². The fourth-order valence-corrected chi connectivity index (χ4v) is 4.17. The fraction of sp³-hybridized carbons (Fsp3) is 0.435. The van der Waals surface area contributed by atoms with Crippen LogP contribution < -0.4 is 5.32 Å². The van der Waals surface area contributed by atoms with Gasteiger partial charge >= 0.3 is 5.97 Å². The van der Waals surface area contributed by atoms with Crippen molar-refractivity contribution >= 4 is 5.97 Å². The first-order chi connectivity index (χ1) is 12.7. The molecule has 1 fully saturated rings. The molecule has 0 saturated heterocycles. The van der Waals surface area contributed by atoms with Gasteiger partial charge in [0.1, 0.15) is 0 Å². The number of benzene rings is 2. The highest BCUT2D eigenvalue weighted by Crippen LogP contribution is 2.30. The minimum absolute atomic E-state index is 0.257. The van der Waals surface area contributed by atoms with E-state index in [1.807, 2.05) is 12.1 Å². The van der Waals surface area contributed by atoms with E-state index >= 15 is 0 Å². The van der Waals surface area contributed by atoms with E-state index in [4.69, 9.17) is 4.74 Å². The summed E-state index contributed by atoms with van der Waals surface area (Å²) in [7, 11) is 1.43. The minimum atomic E-state index is -0.257. The van der Waals surface area contributed by atoms with Crippen LogP contribution in [0.4, 0.5) is 0 Å². The van der Waals surface area contributed by atoms with E-state index in [1.165, 1.54) is 55.0 Å². The summed E-state index contributed by atoms with van der Waals surface area (Å²) in [5.41, 5.74) is 6.10. The Morgan fingerprint density at radius 1 is 1.08 bits per heavy atom. The Hall–Kier alpha value is -2.13. The van der Waals surface area contributed by atoms with E-state index < -0.39 is 0 Å². The number of fused-ring (bicyclic) bond motifs is 1. The quantitative estimate of drug-likeness (QED) is 0.799. The van der Waals surface area contributed by atoms with Gasteiger partial charge in [-0.25, -0.2) is 4.79 Å². The van der Waals surface area contributed by atoms with Crippen LogP contribution in [0.3, 0.4) is 0 Å². The second-order valence-corrected chi connectivity index (χ2v) is 7.78. The first-order valence-corrected chi connectivity index (χ1v) is 9.72. The first kappa shape index (κ1) is 17.3. The fourth-order valence-electron chi connectivity index (χ4n) is 4.17. The second-order valence-electron chi connectivity index (χ2n) is 7.78. The number of hydrogen-bond donors (Lipinski definition) is 1. The highest BCUT2D eigenvalue weighted by molar-refractivity contribution is 5.89. The van der Waals surface area contributed by atoms with Gasteiger partial charge in [-0.2, -0.15) is 0 Å². The number of esters is 1. The molecule has 1 unspecified atom stereocenters. The molecule has 0 bridgehead atoms. The molecular weight excluding hydrogens is 322 g/mol. The Bertz CT molecular complexity index is 795. The molecule has 0 heterocycles. The molecule has 2 aliphatic carbocycles. The molecule has 2 aliphatic rings. The van der Waals surface area contributed by atoms with Crippen molar-refractivity contribution in [2.45, 2.75) is 51.1 Å². The zero-order valence-electron chi connectivity index (χ0n) is 15.5. The highest BCUT2D eigenvalue weighted by Gasteiger charge is 2.22. The van der Waals surface area contributed by atoms with E-state index in [2.05, 4.69) is 35.6 Å². The number of methoxy groups -OCH3 is 1. The number of nitrogens with one attached hydrogen (secondary N) is 1. The summed E-state index contributed by atoms with van der Waals surface area (Å²) in [5, 5.41) is 3.70. The lowest BCUT2D eigenvalue weighted by molar-refractivity contribution is 0.0600. The third-order valence-corrected chi connectivity index (χ3v) is 5.90. The lowest BCUT2D eigenvalue weighted by Crippen LogP contribution is -2.29. The monoisotopic (exact) mass is 349 g/mol. The standard InChI is InChI=1S/C23H27NO2/c1-26-23(25)20-9-8-19-13-22(14-21(19)12-20)24-15-18-7-3-6-17(11-18)10-16-4-2-5-16/h3,6-9,11-12,16,22,24H,2,4-5,10,13-15H2,1H3. The van der Waals surface area contributed by atoms with Gasteiger partial charge in [0.15, 0.2) is 0 Å². The summed E-state index contributed by atoms with van der Waals surface area (Å²) < 4.78 is 4.82. The number of carbonyl (C=O) groups is 1. The molecule has 2 aromatic rings. The molecule has 0 amide bonds. The average molecular weight is 349 g/mol. The largest absolute Gasteiger partial charge is 0.465 e. The van der Waals surface area contributed by atoms with Gasteiger partial charge in [-0.15, -0.1) is 0 Å². The van der Waals surface area contributed by atoms with Crippen molar-refractivity contribution < 1.29 is 9.53 Å². The van der Waals surface area contributed by atoms with Crippen LogP contribution in [0, 0.1) is 5.92 Å². The summed E-state index contributed by atoms with van der Waals surface area (Å²) >= 11 is 0. The van der Waals surface area contributed by atoms with Crippen LogP contribution in [-0.2, 0) is 30.5 Å². The zero-order chi connectivity index (χ0) is 17.9. The normalized spacial score (nSPS) is 19.0. The van der Waals surface area contributed by atoms with E-state index in [1.54, 1.807) is 0 Å². The van der Waals surface area contributed by atoms with Crippen molar-refractivity contribution in [3.63, 3.8) is 0 Å². The van der Waals surface area contributed by atoms with Gasteiger partial charge in [0, 0.05) is 12.6 Å². The Kier molecular flexibility index (Phi) is 5.07. The maximum Gasteiger partial charge on any atom is 0.337 e. The number of rotatable bonds is 6. The molecule has 0 radical (unpaired) electrons. The average Bonchev–Trinajstić information content (AvgIpc) is 3.05.